The van der Waals surface area contributed by atoms with E-state index in [2.05, 4.69) is 10.6 Å². The molecule has 1 fully saturated rings. The maximum atomic E-state index is 15.3. The van der Waals surface area contributed by atoms with Crippen LogP contribution >= 0.6 is 0 Å². The minimum atomic E-state index is -1.32. The minimum Gasteiger partial charge on any atom is -0.466 e. The van der Waals surface area contributed by atoms with Crippen molar-refractivity contribution in [3.8, 4) is 0 Å². The van der Waals surface area contributed by atoms with E-state index in [0.717, 1.165) is 6.07 Å². The molecule has 0 spiro atoms. The van der Waals surface area contributed by atoms with Gasteiger partial charge in [-0.15, -0.1) is 0 Å². The van der Waals surface area contributed by atoms with Gasteiger partial charge in [0.25, 0.3) is 0 Å². The summed E-state index contributed by atoms with van der Waals surface area (Å²) in [5.41, 5.74) is -2.38. The maximum absolute atomic E-state index is 15.3. The number of ether oxygens (including phenoxy) is 2. The Kier molecular flexibility index (Phi) is 10.8. The van der Waals surface area contributed by atoms with E-state index in [0.29, 0.717) is 0 Å². The van der Waals surface area contributed by atoms with Crippen LogP contribution in [0.4, 0.5) is 13.6 Å². The Bertz CT molecular complexity index is 1070. The van der Waals surface area contributed by atoms with Crippen molar-refractivity contribution < 1.29 is 41.9 Å². The van der Waals surface area contributed by atoms with E-state index in [4.69, 9.17) is 18.8 Å². The van der Waals surface area contributed by atoms with Gasteiger partial charge in [0.05, 0.1) is 30.3 Å². The van der Waals surface area contributed by atoms with Crippen LogP contribution in [0.15, 0.2) is 12.1 Å². The van der Waals surface area contributed by atoms with E-state index in [1.165, 1.54) is 6.07 Å². The van der Waals surface area contributed by atoms with E-state index in [9.17, 15) is 18.8 Å². The highest BCUT2D eigenvalue weighted by Gasteiger charge is 2.52. The second-order valence-corrected chi connectivity index (χ2v) is 12.4. The van der Waals surface area contributed by atoms with Gasteiger partial charge in [-0.2, -0.15) is 0 Å². The Balaban J connectivity index is 2.45. The summed E-state index contributed by atoms with van der Waals surface area (Å²) in [7, 11) is -1.01. The summed E-state index contributed by atoms with van der Waals surface area (Å²) in [4.78, 5) is 38.3. The number of amides is 2. The van der Waals surface area contributed by atoms with Gasteiger partial charge >= 0.3 is 19.2 Å². The Morgan fingerprint density at radius 2 is 1.60 bits per heavy atom. The van der Waals surface area contributed by atoms with E-state index in [1.54, 1.807) is 27.7 Å². The molecule has 40 heavy (non-hydrogen) atoms. The second-order valence-electron chi connectivity index (χ2n) is 12.4. The quantitative estimate of drug-likeness (QED) is 0.320. The van der Waals surface area contributed by atoms with Crippen LogP contribution in [0.1, 0.15) is 93.7 Å². The molecule has 1 aromatic rings. The number of carbonyl (C=O) groups excluding carboxylic acids is 3. The van der Waals surface area contributed by atoms with Crippen molar-refractivity contribution in [2.75, 3.05) is 6.61 Å². The van der Waals surface area contributed by atoms with Crippen LogP contribution in [0.25, 0.3) is 0 Å². The zero-order valence-corrected chi connectivity index (χ0v) is 25.2. The van der Waals surface area contributed by atoms with Crippen molar-refractivity contribution in [1.29, 1.82) is 0 Å². The summed E-state index contributed by atoms with van der Waals surface area (Å²) in [5, 5.41) is 5.16. The Labute approximate surface area is 236 Å². The summed E-state index contributed by atoms with van der Waals surface area (Å²) < 4.78 is 52.5. The standard InChI is InChI=1S/C28H43BF2N2O7/c1-11-37-22(34)15-20(32-24(35)21(12-16(2)3)33-25(36)38-26(4,5)6)18-13-17(14-19(30)23(18)31)29-39-27(7,8)28(9,10)40-29/h13-14,16,20-21H,11-12,15H2,1-10H3,(H,32,35)(H,33,36)/t20-,21-/m0/s1. The largest absolute Gasteiger partial charge is 0.494 e. The normalized spacial score (nSPS) is 17.8. The van der Waals surface area contributed by atoms with Crippen molar-refractivity contribution in [3.63, 3.8) is 0 Å². The van der Waals surface area contributed by atoms with Gasteiger partial charge < -0.3 is 29.4 Å². The fraction of sp³-hybridized carbons (Fsp3) is 0.679. The molecule has 0 aromatic heterocycles. The fourth-order valence-corrected chi connectivity index (χ4v) is 4.05. The number of halogens is 2. The summed E-state index contributed by atoms with van der Waals surface area (Å²) in [6.45, 7) is 17.7. The third-order valence-corrected chi connectivity index (χ3v) is 6.69. The first-order valence-corrected chi connectivity index (χ1v) is 13.6. The lowest BCUT2D eigenvalue weighted by molar-refractivity contribution is -0.144. The zero-order chi connectivity index (χ0) is 30.6. The lowest BCUT2D eigenvalue weighted by Crippen LogP contribution is -2.50. The van der Waals surface area contributed by atoms with Gasteiger partial charge in [0.1, 0.15) is 11.6 Å². The maximum Gasteiger partial charge on any atom is 0.494 e. The number of rotatable bonds is 10. The lowest BCUT2D eigenvalue weighted by atomic mass is 9.77. The van der Waals surface area contributed by atoms with Gasteiger partial charge in [0, 0.05) is 5.56 Å². The van der Waals surface area contributed by atoms with Gasteiger partial charge in [0.2, 0.25) is 5.91 Å². The second kappa shape index (κ2) is 12.8. The molecule has 1 aromatic carbocycles. The van der Waals surface area contributed by atoms with Crippen LogP contribution in [0.2, 0.25) is 0 Å². The van der Waals surface area contributed by atoms with Crippen LogP contribution < -0.4 is 16.1 Å². The van der Waals surface area contributed by atoms with E-state index in [-0.39, 0.29) is 30.0 Å². The average molecular weight is 568 g/mol. The third kappa shape index (κ3) is 8.89. The minimum absolute atomic E-state index is 0.0184. The first-order valence-electron chi connectivity index (χ1n) is 13.6. The molecule has 0 radical (unpaired) electrons. The summed E-state index contributed by atoms with van der Waals surface area (Å²) in [6.07, 6.45) is -1.07. The molecule has 1 aliphatic rings. The van der Waals surface area contributed by atoms with Gasteiger partial charge in [0.15, 0.2) is 11.6 Å². The molecule has 2 amide bonds. The Hall–Kier alpha value is -2.73. The fourth-order valence-electron chi connectivity index (χ4n) is 4.05. The Morgan fingerprint density at radius 3 is 2.10 bits per heavy atom. The van der Waals surface area contributed by atoms with Crippen molar-refractivity contribution in [2.45, 2.75) is 111 Å². The van der Waals surface area contributed by atoms with Gasteiger partial charge in [-0.1, -0.05) is 19.9 Å². The van der Waals surface area contributed by atoms with Crippen LogP contribution in [-0.2, 0) is 28.4 Å². The molecule has 0 aliphatic carbocycles. The van der Waals surface area contributed by atoms with Crippen LogP contribution in [-0.4, -0.2) is 54.5 Å². The van der Waals surface area contributed by atoms with Crippen molar-refractivity contribution >= 4 is 30.6 Å². The smallest absolute Gasteiger partial charge is 0.466 e. The number of hydrogen-bond acceptors (Lipinski definition) is 7. The van der Waals surface area contributed by atoms with Crippen molar-refractivity contribution in [1.82, 2.24) is 10.6 Å². The van der Waals surface area contributed by atoms with E-state index >= 15 is 4.39 Å². The highest BCUT2D eigenvalue weighted by Crippen LogP contribution is 2.37. The molecule has 2 N–H and O–H groups in total. The molecule has 0 saturated carbocycles. The number of nitrogens with one attached hydrogen (secondary N) is 2. The number of esters is 1. The van der Waals surface area contributed by atoms with E-state index < -0.39 is 72.0 Å². The summed E-state index contributed by atoms with van der Waals surface area (Å²) in [5.74, 6) is -3.88. The number of benzene rings is 1. The monoisotopic (exact) mass is 568 g/mol. The zero-order valence-electron chi connectivity index (χ0n) is 25.2. The third-order valence-electron chi connectivity index (χ3n) is 6.69. The first kappa shape index (κ1) is 33.5. The van der Waals surface area contributed by atoms with Gasteiger partial charge in [-0.25, -0.2) is 13.6 Å². The topological polar surface area (TPSA) is 112 Å². The molecule has 1 heterocycles. The molecule has 2 atom stereocenters. The molecule has 0 bridgehead atoms. The van der Waals surface area contributed by atoms with Gasteiger partial charge in [-0.3, -0.25) is 9.59 Å². The highest BCUT2D eigenvalue weighted by atomic mass is 19.2. The van der Waals surface area contributed by atoms with Crippen molar-refractivity contribution in [3.05, 3.63) is 29.3 Å². The van der Waals surface area contributed by atoms with E-state index in [1.807, 2.05) is 41.5 Å². The number of hydrogen-bond donors (Lipinski definition) is 2. The molecular weight excluding hydrogens is 525 g/mol. The van der Waals surface area contributed by atoms with Crippen LogP contribution in [0.5, 0.6) is 0 Å². The Morgan fingerprint density at radius 1 is 1.02 bits per heavy atom. The summed E-state index contributed by atoms with van der Waals surface area (Å²) >= 11 is 0. The number of carbonyl (C=O) groups is 3. The number of alkyl carbamates (subject to hydrolysis) is 1. The molecule has 224 valence electrons. The molecule has 1 saturated heterocycles. The molecule has 9 nitrogen and oxygen atoms in total. The van der Waals surface area contributed by atoms with Crippen LogP contribution in [0.3, 0.4) is 0 Å². The summed E-state index contributed by atoms with van der Waals surface area (Å²) in [6, 6.07) is -0.114. The molecule has 0 unspecified atom stereocenters. The lowest BCUT2D eigenvalue weighted by Gasteiger charge is -2.32. The van der Waals surface area contributed by atoms with Crippen molar-refractivity contribution in [2.24, 2.45) is 5.92 Å². The SMILES string of the molecule is CCOC(=O)C[C@H](NC(=O)[C@H](CC(C)C)NC(=O)OC(C)(C)C)c1cc(B2OC(C)(C)C(C)(C)O2)cc(F)c1F. The highest BCUT2D eigenvalue weighted by molar-refractivity contribution is 6.62. The van der Waals surface area contributed by atoms with Gasteiger partial charge in [-0.05, 0) is 79.3 Å². The molecule has 2 rings (SSSR count). The molecule has 12 heteroatoms. The average Bonchev–Trinajstić information content (AvgIpc) is 3.00. The first-order chi connectivity index (χ1) is 18.3. The predicted molar refractivity (Wildman–Crippen MR) is 147 cm³/mol. The molecule has 1 aliphatic heterocycles. The molecular formula is C28H43BF2N2O7. The van der Waals surface area contributed by atoms with Crippen LogP contribution in [0, 0.1) is 17.6 Å². The predicted octanol–water partition coefficient (Wildman–Crippen LogP) is 4.31.